The number of ether oxygens (including phenoxy) is 1. The Kier molecular flexibility index (Phi) is 6.54. The first-order valence-corrected chi connectivity index (χ1v) is 8.19. The molecule has 6 nitrogen and oxygen atoms in total. The minimum Gasteiger partial charge on any atom is -0.494 e. The quantitative estimate of drug-likeness (QED) is 0.442. The van der Waals surface area contributed by atoms with Gasteiger partial charge in [0.25, 0.3) is 5.56 Å². The van der Waals surface area contributed by atoms with Gasteiger partial charge in [-0.2, -0.15) is 5.10 Å². The molecule has 128 valence electrons. The number of aryl methyl sites for hydroxylation is 1. The molecule has 0 amide bonds. The van der Waals surface area contributed by atoms with Crippen molar-refractivity contribution < 1.29 is 4.74 Å². The molecule has 1 aromatic heterocycles. The van der Waals surface area contributed by atoms with Gasteiger partial charge in [0, 0.05) is 11.3 Å². The average Bonchev–Trinajstić information content (AvgIpc) is 2.58. The van der Waals surface area contributed by atoms with Crippen molar-refractivity contribution in [3.8, 4) is 5.75 Å². The molecular formula is C18H24N4O2. The van der Waals surface area contributed by atoms with E-state index >= 15 is 0 Å². The number of nitrogens with zero attached hydrogens (tertiary/aromatic N) is 2. The Hall–Kier alpha value is -2.63. The first kappa shape index (κ1) is 17.7. The van der Waals surface area contributed by atoms with Crippen LogP contribution in [0, 0.1) is 13.8 Å². The van der Waals surface area contributed by atoms with E-state index in [1.807, 2.05) is 24.3 Å². The maximum atomic E-state index is 11.7. The fourth-order valence-corrected chi connectivity index (χ4v) is 2.06. The monoisotopic (exact) mass is 328 g/mol. The highest BCUT2D eigenvalue weighted by Crippen LogP contribution is 2.12. The average molecular weight is 328 g/mol. The number of anilines is 1. The largest absolute Gasteiger partial charge is 0.494 e. The highest BCUT2D eigenvalue weighted by molar-refractivity contribution is 5.80. The Morgan fingerprint density at radius 3 is 2.67 bits per heavy atom. The number of nitrogens with one attached hydrogen (secondary N) is 2. The Labute approximate surface area is 142 Å². The SMILES string of the molecule is CCCCCOc1ccc(/C=N\Nc2nc(C)c(C)c(=O)[nH]2)cc1. The number of H-pyrrole nitrogens is 1. The molecule has 0 aliphatic rings. The topological polar surface area (TPSA) is 79.4 Å². The van der Waals surface area contributed by atoms with Crippen molar-refractivity contribution in [1.29, 1.82) is 0 Å². The van der Waals surface area contributed by atoms with Crippen LogP contribution in [-0.2, 0) is 0 Å². The number of aromatic amines is 1. The van der Waals surface area contributed by atoms with Crippen LogP contribution in [0.5, 0.6) is 5.75 Å². The molecule has 0 aliphatic carbocycles. The molecule has 2 aromatic rings. The zero-order valence-electron chi connectivity index (χ0n) is 14.4. The Balaban J connectivity index is 1.89. The molecule has 1 heterocycles. The normalized spacial score (nSPS) is 11.0. The third kappa shape index (κ3) is 5.22. The second-order valence-electron chi connectivity index (χ2n) is 5.62. The first-order valence-electron chi connectivity index (χ1n) is 8.19. The second kappa shape index (κ2) is 8.86. The molecule has 0 saturated carbocycles. The third-order valence-corrected chi connectivity index (χ3v) is 3.68. The lowest BCUT2D eigenvalue weighted by molar-refractivity contribution is 0.306. The van der Waals surface area contributed by atoms with Crippen LogP contribution in [0.1, 0.15) is 43.0 Å². The van der Waals surface area contributed by atoms with E-state index in [2.05, 4.69) is 27.4 Å². The van der Waals surface area contributed by atoms with Gasteiger partial charge in [-0.25, -0.2) is 10.4 Å². The Morgan fingerprint density at radius 1 is 1.25 bits per heavy atom. The van der Waals surface area contributed by atoms with Crippen LogP contribution < -0.4 is 15.7 Å². The maximum Gasteiger partial charge on any atom is 0.255 e. The molecule has 0 fully saturated rings. The molecule has 6 heteroatoms. The lowest BCUT2D eigenvalue weighted by Crippen LogP contribution is -2.15. The van der Waals surface area contributed by atoms with Crippen LogP contribution in [0.25, 0.3) is 0 Å². The summed E-state index contributed by atoms with van der Waals surface area (Å²) >= 11 is 0. The summed E-state index contributed by atoms with van der Waals surface area (Å²) < 4.78 is 5.66. The van der Waals surface area contributed by atoms with Crippen molar-refractivity contribution in [1.82, 2.24) is 9.97 Å². The summed E-state index contributed by atoms with van der Waals surface area (Å²) in [6.45, 7) is 6.44. The lowest BCUT2D eigenvalue weighted by Gasteiger charge is -2.05. The predicted octanol–water partition coefficient (Wildman–Crippen LogP) is 3.40. The van der Waals surface area contributed by atoms with Crippen molar-refractivity contribution in [3.63, 3.8) is 0 Å². The minimum absolute atomic E-state index is 0.162. The summed E-state index contributed by atoms with van der Waals surface area (Å²) in [4.78, 5) is 18.5. The molecule has 0 bridgehead atoms. The number of hydrogen-bond donors (Lipinski definition) is 2. The van der Waals surface area contributed by atoms with Gasteiger partial charge in [0.15, 0.2) is 0 Å². The van der Waals surface area contributed by atoms with Gasteiger partial charge in [-0.15, -0.1) is 0 Å². The fourth-order valence-electron chi connectivity index (χ4n) is 2.06. The second-order valence-corrected chi connectivity index (χ2v) is 5.62. The van der Waals surface area contributed by atoms with Gasteiger partial charge in [0.05, 0.1) is 12.8 Å². The smallest absolute Gasteiger partial charge is 0.255 e. The molecule has 0 aliphatic heterocycles. The number of hydrogen-bond acceptors (Lipinski definition) is 5. The van der Waals surface area contributed by atoms with Crippen LogP contribution in [0.3, 0.4) is 0 Å². The summed E-state index contributed by atoms with van der Waals surface area (Å²) in [6.07, 6.45) is 5.11. The van der Waals surface area contributed by atoms with Crippen LogP contribution in [0.2, 0.25) is 0 Å². The van der Waals surface area contributed by atoms with Crippen LogP contribution in [0.4, 0.5) is 5.95 Å². The van der Waals surface area contributed by atoms with Gasteiger partial charge in [0.1, 0.15) is 5.75 Å². The van der Waals surface area contributed by atoms with E-state index < -0.39 is 0 Å². The van der Waals surface area contributed by atoms with Gasteiger partial charge < -0.3 is 4.74 Å². The molecule has 0 atom stereocenters. The predicted molar refractivity (Wildman–Crippen MR) is 97.0 cm³/mol. The van der Waals surface area contributed by atoms with E-state index in [1.165, 1.54) is 12.8 Å². The molecule has 1 aromatic carbocycles. The molecule has 0 radical (unpaired) electrons. The summed E-state index contributed by atoms with van der Waals surface area (Å²) in [5.74, 6) is 1.19. The van der Waals surface area contributed by atoms with E-state index in [-0.39, 0.29) is 5.56 Å². The maximum absolute atomic E-state index is 11.7. The molecule has 0 unspecified atom stereocenters. The Morgan fingerprint density at radius 2 is 2.00 bits per heavy atom. The molecule has 2 N–H and O–H groups in total. The standard InChI is InChI=1S/C18H24N4O2/c1-4-5-6-11-24-16-9-7-15(8-10-16)12-19-22-18-20-14(3)13(2)17(23)21-18/h7-10,12H,4-6,11H2,1-3H3,(H2,20,21,22,23)/b19-12-. The molecule has 0 spiro atoms. The lowest BCUT2D eigenvalue weighted by atomic mass is 10.2. The highest BCUT2D eigenvalue weighted by atomic mass is 16.5. The van der Waals surface area contributed by atoms with Gasteiger partial charge in [-0.05, 0) is 50.1 Å². The number of hydrazone groups is 1. The van der Waals surface area contributed by atoms with E-state index in [0.717, 1.165) is 24.3 Å². The van der Waals surface area contributed by atoms with Gasteiger partial charge in [-0.1, -0.05) is 19.8 Å². The zero-order valence-corrected chi connectivity index (χ0v) is 14.4. The van der Waals surface area contributed by atoms with Crippen molar-refractivity contribution in [2.24, 2.45) is 5.10 Å². The van der Waals surface area contributed by atoms with Crippen LogP contribution >= 0.6 is 0 Å². The van der Waals surface area contributed by atoms with E-state index in [0.29, 0.717) is 17.2 Å². The number of unbranched alkanes of at least 4 members (excludes halogenated alkanes) is 2. The minimum atomic E-state index is -0.162. The van der Waals surface area contributed by atoms with Crippen molar-refractivity contribution >= 4 is 12.2 Å². The van der Waals surface area contributed by atoms with Crippen LogP contribution in [0.15, 0.2) is 34.2 Å². The molecule has 24 heavy (non-hydrogen) atoms. The summed E-state index contributed by atoms with van der Waals surface area (Å²) in [7, 11) is 0. The Bertz CT molecular complexity index is 736. The van der Waals surface area contributed by atoms with Crippen molar-refractivity contribution in [2.75, 3.05) is 12.0 Å². The third-order valence-electron chi connectivity index (χ3n) is 3.68. The highest BCUT2D eigenvalue weighted by Gasteiger charge is 2.02. The van der Waals surface area contributed by atoms with Gasteiger partial charge >= 0.3 is 0 Å². The van der Waals surface area contributed by atoms with E-state index in [4.69, 9.17) is 4.74 Å². The number of rotatable bonds is 8. The van der Waals surface area contributed by atoms with E-state index in [1.54, 1.807) is 20.1 Å². The van der Waals surface area contributed by atoms with E-state index in [9.17, 15) is 4.79 Å². The zero-order chi connectivity index (χ0) is 17.4. The number of benzene rings is 1. The fraction of sp³-hybridized carbons (Fsp3) is 0.389. The van der Waals surface area contributed by atoms with Crippen molar-refractivity contribution in [3.05, 3.63) is 51.4 Å². The summed E-state index contributed by atoms with van der Waals surface area (Å²) in [6, 6.07) is 7.70. The van der Waals surface area contributed by atoms with Gasteiger partial charge in [-0.3, -0.25) is 9.78 Å². The molecule has 0 saturated heterocycles. The van der Waals surface area contributed by atoms with Gasteiger partial charge in [0.2, 0.25) is 5.95 Å². The molecular weight excluding hydrogens is 304 g/mol. The van der Waals surface area contributed by atoms with Crippen molar-refractivity contribution in [2.45, 2.75) is 40.0 Å². The summed E-state index contributed by atoms with van der Waals surface area (Å²) in [5, 5.41) is 4.09. The summed E-state index contributed by atoms with van der Waals surface area (Å²) in [5.41, 5.74) is 4.79. The molecule has 2 rings (SSSR count). The number of aromatic nitrogens is 2. The van der Waals surface area contributed by atoms with Crippen LogP contribution in [-0.4, -0.2) is 22.8 Å². The first-order chi connectivity index (χ1) is 11.6.